The molecular weight excluding hydrogens is 485 g/mol. The third-order valence-corrected chi connectivity index (χ3v) is 8.02. The first-order valence-electron chi connectivity index (χ1n) is 11.2. The first kappa shape index (κ1) is 22.1. The standard InChI is InChI=1S/C28H19Cl2NO4/c1-35-27(34)24-23(19-12-11-16(29)14-20(19)30)28(25(32)17-7-3-4-8-18(17)26(28)33)22-13-10-15-6-2-5-9-21(15)31(22)24/h2-14,22-24H,1H3/t22-,23-,24+/m0/s1. The van der Waals surface area contributed by atoms with Gasteiger partial charge in [-0.15, -0.1) is 0 Å². The predicted molar refractivity (Wildman–Crippen MR) is 134 cm³/mol. The Hall–Kier alpha value is -3.41. The number of esters is 1. The van der Waals surface area contributed by atoms with Gasteiger partial charge in [0.25, 0.3) is 0 Å². The number of fused-ring (bicyclic) bond motifs is 5. The van der Waals surface area contributed by atoms with E-state index in [1.54, 1.807) is 42.5 Å². The SMILES string of the molecule is COC(=O)[C@H]1[C@H](c2ccc(Cl)cc2Cl)C2(C(=O)c3ccccc3C2=O)[C@@H]2C=Cc3ccccc3N21. The molecule has 0 amide bonds. The van der Waals surface area contributed by atoms with Gasteiger partial charge in [-0.25, -0.2) is 4.79 Å². The monoisotopic (exact) mass is 503 g/mol. The van der Waals surface area contributed by atoms with Gasteiger partial charge >= 0.3 is 5.97 Å². The van der Waals surface area contributed by atoms with Gasteiger partial charge < -0.3 is 9.64 Å². The van der Waals surface area contributed by atoms with Gasteiger partial charge in [-0.3, -0.25) is 9.59 Å². The quantitative estimate of drug-likeness (QED) is 0.336. The van der Waals surface area contributed by atoms with E-state index in [2.05, 4.69) is 0 Å². The van der Waals surface area contributed by atoms with Crippen molar-refractivity contribution < 1.29 is 19.1 Å². The van der Waals surface area contributed by atoms with Crippen molar-refractivity contribution in [2.24, 2.45) is 5.41 Å². The van der Waals surface area contributed by atoms with Gasteiger partial charge in [0, 0.05) is 32.8 Å². The Kier molecular flexibility index (Phi) is 4.92. The van der Waals surface area contributed by atoms with Crippen molar-refractivity contribution in [2.75, 3.05) is 12.0 Å². The summed E-state index contributed by atoms with van der Waals surface area (Å²) in [6.07, 6.45) is 3.76. The van der Waals surface area contributed by atoms with Crippen molar-refractivity contribution in [1.29, 1.82) is 0 Å². The molecule has 1 saturated heterocycles. The molecule has 0 saturated carbocycles. The summed E-state index contributed by atoms with van der Waals surface area (Å²) in [5, 5.41) is 0.695. The number of nitrogens with zero attached hydrogens (tertiary/aromatic N) is 1. The molecule has 2 aliphatic heterocycles. The first-order chi connectivity index (χ1) is 16.9. The van der Waals surface area contributed by atoms with Crippen LogP contribution in [0, 0.1) is 5.41 Å². The van der Waals surface area contributed by atoms with Crippen LogP contribution in [0.5, 0.6) is 0 Å². The smallest absolute Gasteiger partial charge is 0.329 e. The molecule has 2 heterocycles. The van der Waals surface area contributed by atoms with E-state index in [0.717, 1.165) is 11.3 Å². The molecular formula is C28H19Cl2NO4. The van der Waals surface area contributed by atoms with E-state index in [1.807, 2.05) is 41.3 Å². The zero-order chi connectivity index (χ0) is 24.5. The fourth-order valence-corrected chi connectivity index (χ4v) is 6.63. The molecule has 1 spiro atoms. The van der Waals surface area contributed by atoms with Gasteiger partial charge in [-0.1, -0.05) is 83.9 Å². The number of carbonyl (C=O) groups excluding carboxylic acids is 3. The Morgan fingerprint density at radius 2 is 1.60 bits per heavy atom. The molecule has 7 heteroatoms. The highest BCUT2D eigenvalue weighted by Crippen LogP contribution is 2.61. The highest BCUT2D eigenvalue weighted by Gasteiger charge is 2.72. The van der Waals surface area contributed by atoms with Crippen LogP contribution in [0.2, 0.25) is 10.0 Å². The molecule has 0 aromatic heterocycles. The molecule has 3 atom stereocenters. The number of hydrogen-bond acceptors (Lipinski definition) is 5. The minimum absolute atomic E-state index is 0.282. The summed E-state index contributed by atoms with van der Waals surface area (Å²) in [6, 6.07) is 17.6. The Balaban J connectivity index is 1.71. The summed E-state index contributed by atoms with van der Waals surface area (Å²) in [6.45, 7) is 0. The fourth-order valence-electron chi connectivity index (χ4n) is 6.11. The van der Waals surface area contributed by atoms with Crippen molar-refractivity contribution in [2.45, 2.75) is 18.0 Å². The van der Waals surface area contributed by atoms with Crippen molar-refractivity contribution in [1.82, 2.24) is 0 Å². The third-order valence-electron chi connectivity index (χ3n) is 7.45. The molecule has 0 unspecified atom stereocenters. The number of anilines is 1. The Morgan fingerprint density at radius 1 is 0.943 bits per heavy atom. The Bertz CT molecular complexity index is 1430. The molecule has 0 bridgehead atoms. The van der Waals surface area contributed by atoms with Crippen LogP contribution in [0.4, 0.5) is 5.69 Å². The molecule has 1 aliphatic carbocycles. The Morgan fingerprint density at radius 3 is 2.26 bits per heavy atom. The van der Waals surface area contributed by atoms with Gasteiger partial charge in [0.15, 0.2) is 11.6 Å². The normalized spacial score (nSPS) is 23.3. The molecule has 6 rings (SSSR count). The van der Waals surface area contributed by atoms with Crippen molar-refractivity contribution >= 4 is 52.5 Å². The number of para-hydroxylation sites is 1. The molecule has 0 N–H and O–H groups in total. The number of carbonyl (C=O) groups is 3. The molecule has 35 heavy (non-hydrogen) atoms. The van der Waals surface area contributed by atoms with E-state index in [0.29, 0.717) is 21.7 Å². The van der Waals surface area contributed by atoms with Crippen molar-refractivity contribution in [3.8, 4) is 0 Å². The van der Waals surface area contributed by atoms with E-state index in [1.165, 1.54) is 7.11 Å². The van der Waals surface area contributed by atoms with Gasteiger partial charge in [-0.2, -0.15) is 0 Å². The molecule has 0 radical (unpaired) electrons. The van der Waals surface area contributed by atoms with Crippen LogP contribution in [0.3, 0.4) is 0 Å². The first-order valence-corrected chi connectivity index (χ1v) is 11.9. The summed E-state index contributed by atoms with van der Waals surface area (Å²) in [7, 11) is 1.31. The van der Waals surface area contributed by atoms with Gasteiger partial charge in [0.1, 0.15) is 11.5 Å². The number of ether oxygens (including phenoxy) is 1. The van der Waals surface area contributed by atoms with Crippen LogP contribution in [0.1, 0.15) is 37.8 Å². The molecule has 3 aromatic carbocycles. The zero-order valence-electron chi connectivity index (χ0n) is 18.6. The lowest BCUT2D eigenvalue weighted by Crippen LogP contribution is -2.48. The molecule has 3 aromatic rings. The van der Waals surface area contributed by atoms with Crippen LogP contribution in [0.25, 0.3) is 6.08 Å². The maximum Gasteiger partial charge on any atom is 0.329 e. The second-order valence-electron chi connectivity index (χ2n) is 8.95. The second-order valence-corrected chi connectivity index (χ2v) is 9.80. The number of rotatable bonds is 2. The predicted octanol–water partition coefficient (Wildman–Crippen LogP) is 5.60. The lowest BCUT2D eigenvalue weighted by Gasteiger charge is -2.36. The highest BCUT2D eigenvalue weighted by molar-refractivity contribution is 6.36. The number of methoxy groups -OCH3 is 1. The second kappa shape index (κ2) is 7.80. The number of benzene rings is 3. The summed E-state index contributed by atoms with van der Waals surface area (Å²) < 4.78 is 5.27. The number of ketones is 2. The maximum absolute atomic E-state index is 14.3. The largest absolute Gasteiger partial charge is 0.467 e. The minimum Gasteiger partial charge on any atom is -0.467 e. The zero-order valence-corrected chi connectivity index (χ0v) is 20.1. The van der Waals surface area contributed by atoms with E-state index in [9.17, 15) is 14.4 Å². The molecule has 5 nitrogen and oxygen atoms in total. The third kappa shape index (κ3) is 2.79. The topological polar surface area (TPSA) is 63.7 Å². The number of hydrogen-bond donors (Lipinski definition) is 0. The number of Topliss-reactive ketones (excluding diaryl/α,β-unsaturated/α-hetero) is 2. The minimum atomic E-state index is -1.61. The van der Waals surface area contributed by atoms with Crippen molar-refractivity contribution in [3.63, 3.8) is 0 Å². The fraction of sp³-hybridized carbons (Fsp3) is 0.179. The molecule has 3 aliphatic rings. The maximum atomic E-state index is 14.3. The van der Waals surface area contributed by atoms with Crippen LogP contribution >= 0.6 is 23.2 Å². The van der Waals surface area contributed by atoms with E-state index >= 15 is 0 Å². The van der Waals surface area contributed by atoms with E-state index < -0.39 is 29.4 Å². The van der Waals surface area contributed by atoms with Crippen LogP contribution in [-0.4, -0.2) is 36.7 Å². The van der Waals surface area contributed by atoms with Crippen LogP contribution in [-0.2, 0) is 9.53 Å². The summed E-state index contributed by atoms with van der Waals surface area (Å²) in [5.74, 6) is -2.10. The van der Waals surface area contributed by atoms with Crippen LogP contribution < -0.4 is 4.90 Å². The summed E-state index contributed by atoms with van der Waals surface area (Å²) >= 11 is 12.9. The molecule has 1 fully saturated rings. The number of halogens is 2. The average Bonchev–Trinajstić information content (AvgIpc) is 3.30. The van der Waals surface area contributed by atoms with Gasteiger partial charge in [-0.05, 0) is 29.3 Å². The lowest BCUT2D eigenvalue weighted by molar-refractivity contribution is -0.142. The average molecular weight is 504 g/mol. The summed E-state index contributed by atoms with van der Waals surface area (Å²) in [4.78, 5) is 44.0. The van der Waals surface area contributed by atoms with Gasteiger partial charge in [0.05, 0.1) is 13.2 Å². The van der Waals surface area contributed by atoms with Gasteiger partial charge in [0.2, 0.25) is 0 Å². The lowest BCUT2D eigenvalue weighted by atomic mass is 9.64. The van der Waals surface area contributed by atoms with Crippen molar-refractivity contribution in [3.05, 3.63) is 105 Å². The summed E-state index contributed by atoms with van der Waals surface area (Å²) in [5.41, 5.74) is 1.23. The van der Waals surface area contributed by atoms with E-state index in [-0.39, 0.29) is 16.6 Å². The molecule has 174 valence electrons. The van der Waals surface area contributed by atoms with Crippen LogP contribution in [0.15, 0.2) is 72.8 Å². The highest BCUT2D eigenvalue weighted by atomic mass is 35.5. The Labute approximate surface area is 211 Å². The van der Waals surface area contributed by atoms with E-state index in [4.69, 9.17) is 27.9 Å².